The van der Waals surface area contributed by atoms with Crippen molar-refractivity contribution in [2.75, 3.05) is 67.6 Å². The first-order chi connectivity index (χ1) is 9.82. The van der Waals surface area contributed by atoms with Gasteiger partial charge in [0, 0.05) is 13.1 Å². The summed E-state index contributed by atoms with van der Waals surface area (Å²) < 4.78 is 4.88. The van der Waals surface area contributed by atoms with E-state index in [0.717, 1.165) is 25.9 Å². The predicted octanol–water partition coefficient (Wildman–Crippen LogP) is -0.180. The lowest BCUT2D eigenvalue weighted by Crippen LogP contribution is -2.38. The molecule has 0 spiro atoms. The quantitative estimate of drug-likeness (QED) is 0.539. The molecule has 0 saturated carbocycles. The van der Waals surface area contributed by atoms with Crippen LogP contribution in [0.15, 0.2) is 0 Å². The van der Waals surface area contributed by atoms with Gasteiger partial charge in [0.1, 0.15) is 13.2 Å². The molecule has 0 aliphatic heterocycles. The molecule has 0 unspecified atom stereocenters. The fourth-order valence-electron chi connectivity index (χ4n) is 1.83. The van der Waals surface area contributed by atoms with E-state index in [1.165, 1.54) is 0 Å². The minimum absolute atomic E-state index is 0.145. The van der Waals surface area contributed by atoms with Crippen LogP contribution in [0.25, 0.3) is 0 Å². The maximum Gasteiger partial charge on any atom is 0.329 e. The molecular weight excluding hydrogens is 274 g/mol. The molecule has 0 radical (unpaired) electrons. The zero-order chi connectivity index (χ0) is 16.3. The van der Waals surface area contributed by atoms with E-state index >= 15 is 0 Å². The standard InChI is InChI=1S/C14H29N3O4/c1-15(2)7-5-9-17(10-6-8-16(3)4)13(18)11-21-12-14(19)20/h5-12H2,1-4H3,(H,19,20). The molecule has 7 nitrogen and oxygen atoms in total. The van der Waals surface area contributed by atoms with Crippen molar-refractivity contribution in [2.45, 2.75) is 12.8 Å². The van der Waals surface area contributed by atoms with Crippen molar-refractivity contribution >= 4 is 11.9 Å². The first-order valence-corrected chi connectivity index (χ1v) is 7.19. The van der Waals surface area contributed by atoms with Crippen LogP contribution in [-0.2, 0) is 14.3 Å². The number of carboxylic acid groups (broad SMARTS) is 1. The maximum atomic E-state index is 12.1. The number of rotatable bonds is 12. The minimum atomic E-state index is -1.06. The number of amides is 1. The van der Waals surface area contributed by atoms with E-state index < -0.39 is 12.6 Å². The van der Waals surface area contributed by atoms with Crippen molar-refractivity contribution in [1.29, 1.82) is 0 Å². The van der Waals surface area contributed by atoms with Gasteiger partial charge in [-0.2, -0.15) is 0 Å². The Balaban J connectivity index is 4.19. The smallest absolute Gasteiger partial charge is 0.329 e. The molecule has 0 rings (SSSR count). The third kappa shape index (κ3) is 12.3. The molecule has 1 amide bonds. The van der Waals surface area contributed by atoms with Crippen molar-refractivity contribution in [3.8, 4) is 0 Å². The van der Waals surface area contributed by atoms with Crippen LogP contribution in [0.4, 0.5) is 0 Å². The summed E-state index contributed by atoms with van der Waals surface area (Å²) in [7, 11) is 7.98. The van der Waals surface area contributed by atoms with Gasteiger partial charge < -0.3 is 24.5 Å². The molecule has 0 saturated heterocycles. The molecule has 0 aromatic heterocycles. The Labute approximate surface area is 127 Å². The Morgan fingerprint density at radius 3 is 1.71 bits per heavy atom. The van der Waals surface area contributed by atoms with Gasteiger partial charge in [0.05, 0.1) is 0 Å². The molecule has 0 fully saturated rings. The van der Waals surface area contributed by atoms with Crippen LogP contribution in [0, 0.1) is 0 Å². The Hall–Kier alpha value is -1.18. The van der Waals surface area contributed by atoms with E-state index in [9.17, 15) is 9.59 Å². The lowest BCUT2D eigenvalue weighted by molar-refractivity contribution is -0.145. The van der Waals surface area contributed by atoms with Crippen molar-refractivity contribution in [1.82, 2.24) is 14.7 Å². The maximum absolute atomic E-state index is 12.1. The Morgan fingerprint density at radius 2 is 1.33 bits per heavy atom. The molecule has 0 aromatic rings. The van der Waals surface area contributed by atoms with Crippen LogP contribution < -0.4 is 0 Å². The second-order valence-corrected chi connectivity index (χ2v) is 5.58. The zero-order valence-electron chi connectivity index (χ0n) is 13.7. The number of carboxylic acids is 1. The number of carbonyl (C=O) groups excluding carboxylic acids is 1. The first kappa shape index (κ1) is 19.8. The van der Waals surface area contributed by atoms with Crippen molar-refractivity contribution in [3.05, 3.63) is 0 Å². The predicted molar refractivity (Wildman–Crippen MR) is 81.4 cm³/mol. The highest BCUT2D eigenvalue weighted by atomic mass is 16.5. The number of carbonyl (C=O) groups is 2. The molecule has 0 aromatic carbocycles. The summed E-state index contributed by atoms with van der Waals surface area (Å²) in [6.07, 6.45) is 1.78. The summed E-state index contributed by atoms with van der Waals surface area (Å²) in [6.45, 7) is 2.55. The van der Waals surface area contributed by atoms with Gasteiger partial charge in [-0.25, -0.2) is 4.79 Å². The van der Waals surface area contributed by atoms with Crippen LogP contribution in [-0.4, -0.2) is 99.3 Å². The molecule has 0 aliphatic rings. The summed E-state index contributed by atoms with van der Waals surface area (Å²) in [5, 5.41) is 8.51. The van der Waals surface area contributed by atoms with Gasteiger partial charge in [-0.05, 0) is 54.1 Å². The summed E-state index contributed by atoms with van der Waals surface area (Å²) in [5.41, 5.74) is 0. The highest BCUT2D eigenvalue weighted by Gasteiger charge is 2.14. The van der Waals surface area contributed by atoms with Crippen molar-refractivity contribution in [3.63, 3.8) is 0 Å². The molecular formula is C14H29N3O4. The molecule has 124 valence electrons. The lowest BCUT2D eigenvalue weighted by Gasteiger charge is -2.24. The summed E-state index contributed by atoms with van der Waals surface area (Å²) >= 11 is 0. The third-order valence-corrected chi connectivity index (χ3v) is 2.87. The molecule has 21 heavy (non-hydrogen) atoms. The fourth-order valence-corrected chi connectivity index (χ4v) is 1.83. The number of hydrogen-bond donors (Lipinski definition) is 1. The van der Waals surface area contributed by atoms with E-state index in [4.69, 9.17) is 9.84 Å². The second kappa shape index (κ2) is 11.5. The van der Waals surface area contributed by atoms with Gasteiger partial charge in [0.2, 0.25) is 5.91 Å². The van der Waals surface area contributed by atoms with E-state index in [1.54, 1.807) is 4.90 Å². The molecule has 0 aliphatic carbocycles. The van der Waals surface area contributed by atoms with Gasteiger partial charge in [0.15, 0.2) is 0 Å². The topological polar surface area (TPSA) is 73.3 Å². The molecule has 0 atom stereocenters. The van der Waals surface area contributed by atoms with Crippen LogP contribution in [0.1, 0.15) is 12.8 Å². The SMILES string of the molecule is CN(C)CCCN(CCCN(C)C)C(=O)COCC(=O)O. The highest BCUT2D eigenvalue weighted by molar-refractivity contribution is 5.78. The van der Waals surface area contributed by atoms with Crippen LogP contribution in [0.3, 0.4) is 0 Å². The van der Waals surface area contributed by atoms with Crippen LogP contribution in [0.5, 0.6) is 0 Å². The summed E-state index contributed by atoms with van der Waals surface area (Å²) in [5.74, 6) is -1.21. The Morgan fingerprint density at radius 1 is 0.857 bits per heavy atom. The number of nitrogens with zero attached hydrogens (tertiary/aromatic N) is 3. The molecule has 1 N–H and O–H groups in total. The molecule has 7 heteroatoms. The summed E-state index contributed by atoms with van der Waals surface area (Å²) in [6, 6.07) is 0. The number of ether oxygens (including phenoxy) is 1. The van der Waals surface area contributed by atoms with E-state index in [-0.39, 0.29) is 12.5 Å². The number of hydrogen-bond acceptors (Lipinski definition) is 5. The molecule has 0 heterocycles. The van der Waals surface area contributed by atoms with E-state index in [2.05, 4.69) is 9.80 Å². The van der Waals surface area contributed by atoms with Gasteiger partial charge in [-0.3, -0.25) is 4.79 Å². The Bertz CT molecular complexity index is 295. The minimum Gasteiger partial charge on any atom is -0.480 e. The van der Waals surface area contributed by atoms with Gasteiger partial charge in [-0.15, -0.1) is 0 Å². The largest absolute Gasteiger partial charge is 0.480 e. The van der Waals surface area contributed by atoms with Crippen LogP contribution >= 0.6 is 0 Å². The zero-order valence-corrected chi connectivity index (χ0v) is 13.7. The molecule has 0 bridgehead atoms. The number of aliphatic carboxylic acids is 1. The van der Waals surface area contributed by atoms with Gasteiger partial charge in [-0.1, -0.05) is 0 Å². The van der Waals surface area contributed by atoms with E-state index in [1.807, 2.05) is 28.2 Å². The first-order valence-electron chi connectivity index (χ1n) is 7.19. The highest BCUT2D eigenvalue weighted by Crippen LogP contribution is 1.98. The van der Waals surface area contributed by atoms with Gasteiger partial charge >= 0.3 is 5.97 Å². The average molecular weight is 303 g/mol. The fraction of sp³-hybridized carbons (Fsp3) is 0.857. The van der Waals surface area contributed by atoms with E-state index in [0.29, 0.717) is 13.1 Å². The van der Waals surface area contributed by atoms with Crippen molar-refractivity contribution in [2.24, 2.45) is 0 Å². The lowest BCUT2D eigenvalue weighted by atomic mass is 10.3. The van der Waals surface area contributed by atoms with Crippen LogP contribution in [0.2, 0.25) is 0 Å². The Kier molecular flexibility index (Phi) is 10.8. The normalized spacial score (nSPS) is 11.1. The monoisotopic (exact) mass is 303 g/mol. The van der Waals surface area contributed by atoms with Crippen molar-refractivity contribution < 1.29 is 19.4 Å². The van der Waals surface area contributed by atoms with Gasteiger partial charge in [0.25, 0.3) is 0 Å². The second-order valence-electron chi connectivity index (χ2n) is 5.58. The summed E-state index contributed by atoms with van der Waals surface area (Å²) in [4.78, 5) is 28.3. The average Bonchev–Trinajstić information content (AvgIpc) is 2.35. The third-order valence-electron chi connectivity index (χ3n) is 2.87.